The summed E-state index contributed by atoms with van der Waals surface area (Å²) in [5.41, 5.74) is 5.34. The van der Waals surface area contributed by atoms with Crippen molar-refractivity contribution < 1.29 is 13.2 Å². The van der Waals surface area contributed by atoms with E-state index in [1.807, 2.05) is 7.05 Å². The van der Waals surface area contributed by atoms with E-state index in [9.17, 15) is 8.42 Å². The summed E-state index contributed by atoms with van der Waals surface area (Å²) in [5.74, 6) is 0. The molecular formula is C11H24N4O3S. The Morgan fingerprint density at radius 3 is 2.32 bits per heavy atom. The van der Waals surface area contributed by atoms with E-state index in [1.54, 1.807) is 0 Å². The number of nitrogens with zero attached hydrogens (tertiary/aromatic N) is 2. The van der Waals surface area contributed by atoms with E-state index in [2.05, 4.69) is 9.62 Å². The fourth-order valence-electron chi connectivity index (χ4n) is 2.52. The van der Waals surface area contributed by atoms with Crippen LogP contribution in [0.25, 0.3) is 0 Å². The van der Waals surface area contributed by atoms with E-state index in [1.165, 1.54) is 4.31 Å². The van der Waals surface area contributed by atoms with Gasteiger partial charge in [0.05, 0.1) is 13.2 Å². The van der Waals surface area contributed by atoms with E-state index in [4.69, 9.17) is 10.5 Å². The maximum atomic E-state index is 12.4. The van der Waals surface area contributed by atoms with Gasteiger partial charge in [0.2, 0.25) is 0 Å². The van der Waals surface area contributed by atoms with Crippen molar-refractivity contribution in [2.45, 2.75) is 18.4 Å². The highest BCUT2D eigenvalue weighted by Gasteiger charge is 2.38. The lowest BCUT2D eigenvalue weighted by atomic mass is 9.89. The molecule has 2 saturated heterocycles. The zero-order valence-electron chi connectivity index (χ0n) is 11.5. The minimum atomic E-state index is -3.47. The Balaban J connectivity index is 2.04. The Kier molecular flexibility index (Phi) is 4.80. The molecule has 0 aromatic heterocycles. The van der Waals surface area contributed by atoms with Crippen molar-refractivity contribution in [1.29, 1.82) is 0 Å². The van der Waals surface area contributed by atoms with E-state index < -0.39 is 15.7 Å². The number of hydrogen-bond donors (Lipinski definition) is 2. The van der Waals surface area contributed by atoms with Crippen LogP contribution >= 0.6 is 0 Å². The van der Waals surface area contributed by atoms with E-state index in [0.29, 0.717) is 32.8 Å². The molecule has 2 rings (SSSR count). The molecule has 0 aromatic carbocycles. The first-order chi connectivity index (χ1) is 8.97. The molecule has 2 aliphatic heterocycles. The molecule has 0 radical (unpaired) electrons. The molecule has 0 bridgehead atoms. The summed E-state index contributed by atoms with van der Waals surface area (Å²) >= 11 is 0. The smallest absolute Gasteiger partial charge is 0.280 e. The predicted octanol–water partition coefficient (Wildman–Crippen LogP) is -1.42. The summed E-state index contributed by atoms with van der Waals surface area (Å²) in [6, 6.07) is 0. The Bertz CT molecular complexity index is 387. The van der Waals surface area contributed by atoms with Crippen molar-refractivity contribution in [2.24, 2.45) is 5.73 Å². The molecular weight excluding hydrogens is 268 g/mol. The molecule has 0 aromatic rings. The molecule has 7 nitrogen and oxygen atoms in total. The van der Waals surface area contributed by atoms with Gasteiger partial charge in [-0.1, -0.05) is 0 Å². The Morgan fingerprint density at radius 1 is 1.21 bits per heavy atom. The number of rotatable bonds is 4. The quantitative estimate of drug-likeness (QED) is 0.664. The fourth-order valence-corrected chi connectivity index (χ4v) is 4.11. The monoisotopic (exact) mass is 292 g/mol. The van der Waals surface area contributed by atoms with Crippen LogP contribution in [-0.4, -0.2) is 76.1 Å². The van der Waals surface area contributed by atoms with Gasteiger partial charge in [-0.05, 0) is 33.0 Å². The molecule has 0 saturated carbocycles. The third-order valence-electron chi connectivity index (χ3n) is 3.99. The number of nitrogens with two attached hydrogens (primary N) is 1. The van der Waals surface area contributed by atoms with Gasteiger partial charge in [0.25, 0.3) is 10.2 Å². The maximum absolute atomic E-state index is 12.4. The first-order valence-corrected chi connectivity index (χ1v) is 8.17. The highest BCUT2D eigenvalue weighted by atomic mass is 32.2. The normalized spacial score (nSPS) is 26.4. The van der Waals surface area contributed by atoms with Crippen molar-refractivity contribution in [2.75, 3.05) is 53.0 Å². The fraction of sp³-hybridized carbons (Fsp3) is 1.00. The average Bonchev–Trinajstić information content (AvgIpc) is 2.42. The van der Waals surface area contributed by atoms with Gasteiger partial charge < -0.3 is 15.4 Å². The zero-order valence-corrected chi connectivity index (χ0v) is 12.3. The van der Waals surface area contributed by atoms with Crippen LogP contribution in [-0.2, 0) is 14.9 Å². The standard InChI is InChI=1S/C11H24N4O3S/c1-14-4-2-11(10-12,3-5-14)13-19(16,17)15-6-8-18-9-7-15/h13H,2-10,12H2,1H3. The molecule has 2 aliphatic rings. The van der Waals surface area contributed by atoms with Crippen LogP contribution in [0, 0.1) is 0 Å². The average molecular weight is 292 g/mol. The van der Waals surface area contributed by atoms with E-state index in [0.717, 1.165) is 25.9 Å². The molecule has 112 valence electrons. The third kappa shape index (κ3) is 3.65. The number of ether oxygens (including phenoxy) is 1. The van der Waals surface area contributed by atoms with Crippen LogP contribution in [0.4, 0.5) is 0 Å². The SMILES string of the molecule is CN1CCC(CN)(NS(=O)(=O)N2CCOCC2)CC1. The highest BCUT2D eigenvalue weighted by Crippen LogP contribution is 2.22. The second-order valence-corrected chi connectivity index (χ2v) is 7.08. The third-order valence-corrected chi connectivity index (χ3v) is 5.73. The summed E-state index contributed by atoms with van der Waals surface area (Å²) in [6.07, 6.45) is 1.51. The number of piperidine rings is 1. The predicted molar refractivity (Wildman–Crippen MR) is 73.0 cm³/mol. The molecule has 2 fully saturated rings. The Hall–Kier alpha value is -0.250. The van der Waals surface area contributed by atoms with Crippen LogP contribution in [0.2, 0.25) is 0 Å². The number of hydrogen-bond acceptors (Lipinski definition) is 5. The van der Waals surface area contributed by atoms with Gasteiger partial charge in [-0.3, -0.25) is 0 Å². The Morgan fingerprint density at radius 2 is 1.79 bits per heavy atom. The summed E-state index contributed by atoms with van der Waals surface area (Å²) in [4.78, 5) is 2.19. The van der Waals surface area contributed by atoms with Gasteiger partial charge >= 0.3 is 0 Å². The molecule has 0 unspecified atom stereocenters. The van der Waals surface area contributed by atoms with Gasteiger partial charge in [0, 0.05) is 25.2 Å². The lowest BCUT2D eigenvalue weighted by Crippen LogP contribution is -2.62. The highest BCUT2D eigenvalue weighted by molar-refractivity contribution is 7.87. The minimum Gasteiger partial charge on any atom is -0.379 e. The first kappa shape index (κ1) is 15.1. The number of morpholine rings is 1. The molecule has 0 atom stereocenters. The largest absolute Gasteiger partial charge is 0.379 e. The maximum Gasteiger partial charge on any atom is 0.280 e. The van der Waals surface area contributed by atoms with Gasteiger partial charge in [-0.15, -0.1) is 0 Å². The summed E-state index contributed by atoms with van der Waals surface area (Å²) in [5, 5.41) is 0. The second kappa shape index (κ2) is 6.02. The summed E-state index contributed by atoms with van der Waals surface area (Å²) in [6.45, 7) is 3.81. The van der Waals surface area contributed by atoms with Crippen LogP contribution in [0.5, 0.6) is 0 Å². The molecule has 2 heterocycles. The van der Waals surface area contributed by atoms with E-state index >= 15 is 0 Å². The van der Waals surface area contributed by atoms with Gasteiger partial charge in [0.15, 0.2) is 0 Å². The molecule has 19 heavy (non-hydrogen) atoms. The lowest BCUT2D eigenvalue weighted by molar-refractivity contribution is 0.0713. The summed E-state index contributed by atoms with van der Waals surface area (Å²) in [7, 11) is -1.43. The molecule has 0 aliphatic carbocycles. The van der Waals surface area contributed by atoms with Crippen LogP contribution in [0.1, 0.15) is 12.8 Å². The zero-order chi connectivity index (χ0) is 13.9. The van der Waals surface area contributed by atoms with Crippen LogP contribution in [0.15, 0.2) is 0 Å². The molecule has 8 heteroatoms. The van der Waals surface area contributed by atoms with Crippen molar-refractivity contribution in [1.82, 2.24) is 13.9 Å². The Labute approximate surface area is 115 Å². The summed E-state index contributed by atoms with van der Waals surface area (Å²) < 4.78 is 34.3. The topological polar surface area (TPSA) is 87.9 Å². The van der Waals surface area contributed by atoms with Crippen LogP contribution < -0.4 is 10.5 Å². The van der Waals surface area contributed by atoms with Crippen molar-refractivity contribution in [3.05, 3.63) is 0 Å². The van der Waals surface area contributed by atoms with Crippen molar-refractivity contribution >= 4 is 10.2 Å². The lowest BCUT2D eigenvalue weighted by Gasteiger charge is -2.41. The minimum absolute atomic E-state index is 0.338. The second-order valence-electron chi connectivity index (χ2n) is 5.41. The van der Waals surface area contributed by atoms with E-state index in [-0.39, 0.29) is 0 Å². The number of likely N-dealkylation sites (tertiary alicyclic amines) is 1. The van der Waals surface area contributed by atoms with Crippen molar-refractivity contribution in [3.8, 4) is 0 Å². The van der Waals surface area contributed by atoms with Gasteiger partial charge in [-0.2, -0.15) is 17.4 Å². The molecule has 0 spiro atoms. The molecule has 3 N–H and O–H groups in total. The van der Waals surface area contributed by atoms with Gasteiger partial charge in [0.1, 0.15) is 0 Å². The molecule has 0 amide bonds. The number of nitrogens with one attached hydrogen (secondary N) is 1. The van der Waals surface area contributed by atoms with Crippen LogP contribution in [0.3, 0.4) is 0 Å². The first-order valence-electron chi connectivity index (χ1n) is 6.73. The van der Waals surface area contributed by atoms with Gasteiger partial charge in [-0.25, -0.2) is 0 Å². The van der Waals surface area contributed by atoms with Crippen molar-refractivity contribution in [3.63, 3.8) is 0 Å².